The number of hydrogen-bond acceptors (Lipinski definition) is 18. The highest BCUT2D eigenvalue weighted by Gasteiger charge is 2.33. The van der Waals surface area contributed by atoms with Crippen LogP contribution in [0.2, 0.25) is 0 Å². The van der Waals surface area contributed by atoms with Gasteiger partial charge in [0, 0.05) is 66.8 Å². The number of nitrogens with one attached hydrogen (secondary N) is 4. The van der Waals surface area contributed by atoms with Gasteiger partial charge in [-0.15, -0.1) is 10.1 Å². The second kappa shape index (κ2) is 24.6. The highest BCUT2D eigenvalue weighted by atomic mass is 32.2. The van der Waals surface area contributed by atoms with Crippen LogP contribution in [-0.4, -0.2) is 154 Å². The number of β-amino-alcohol motifs (C(OH)–C–C–N with tert-alkyl or cyclic N) is 1. The molecule has 2 fully saturated rings. The average Bonchev–Trinajstić information content (AvgIpc) is 3.82. The Kier molecular flexibility index (Phi) is 18.3. The molecule has 27 heteroatoms. The molecule has 0 radical (unpaired) electrons. The normalized spacial score (nSPS) is 14.7. The molecule has 73 heavy (non-hydrogen) atoms. The molecular formula is C46H65N13O12S2. The number of aliphatic hydroxyl groups is 1. The van der Waals surface area contributed by atoms with Crippen molar-refractivity contribution in [3.05, 3.63) is 78.6 Å². The van der Waals surface area contributed by atoms with E-state index in [1.807, 2.05) is 30.6 Å². The number of H-pyrrole nitrogens is 2. The van der Waals surface area contributed by atoms with Crippen molar-refractivity contribution in [1.29, 1.82) is 0 Å². The second-order valence-electron chi connectivity index (χ2n) is 17.0. The molecule has 6 heterocycles. The predicted molar refractivity (Wildman–Crippen MR) is 272 cm³/mol. The van der Waals surface area contributed by atoms with Gasteiger partial charge in [0.15, 0.2) is 11.0 Å². The van der Waals surface area contributed by atoms with Gasteiger partial charge >= 0.3 is 0 Å². The van der Waals surface area contributed by atoms with Crippen LogP contribution in [0.4, 0.5) is 0 Å². The largest absolute Gasteiger partial charge is 0.493 e. The monoisotopic (exact) mass is 1060 g/mol. The molecule has 2 saturated heterocycles. The Morgan fingerprint density at radius 1 is 0.753 bits per heavy atom. The standard InChI is InChI=1S/C22H29N7O7S.C22H30N6O5S.C2H6/c1-4-6-17-19-20(27(3)25-17)22(30)24-21(23-19)16-11-15(7-8-18(16)35-5-2)37(33,34)26-14-12-28(13-14)9-10-36-29(31)32;1-4-6-17-19-20(27(3)25-17)22(30)24-21(23-19)16-11-15(7-8-18(16)33-5-2)34(31,32)26-14-12-28(13-14)9-10-29;1-2/h7-8,11,14,26H,4-6,9-10,12-13H2,1-3H3,(H,23,24,30);7-8,11,14,26,29H,4-6,9-10,12-13H2,1-3H3,(H,23,24,30);1-2H3/i;;1D. The number of sulfonamides is 2. The van der Waals surface area contributed by atoms with Crippen LogP contribution >= 0.6 is 0 Å². The van der Waals surface area contributed by atoms with Gasteiger partial charge in [0.1, 0.15) is 40.8 Å². The van der Waals surface area contributed by atoms with Gasteiger partial charge in [0.2, 0.25) is 20.0 Å². The molecule has 2 aromatic carbocycles. The van der Waals surface area contributed by atoms with E-state index in [9.17, 15) is 36.5 Å². The minimum absolute atomic E-state index is 0.0104. The van der Waals surface area contributed by atoms with Crippen LogP contribution in [0.15, 0.2) is 55.8 Å². The average molecular weight is 1060 g/mol. The highest BCUT2D eigenvalue weighted by Crippen LogP contribution is 2.33. The van der Waals surface area contributed by atoms with E-state index < -0.39 is 25.1 Å². The molecule has 0 unspecified atom stereocenters. The van der Waals surface area contributed by atoms with Gasteiger partial charge in [-0.2, -0.15) is 10.2 Å². The second-order valence-corrected chi connectivity index (χ2v) is 20.4. The van der Waals surface area contributed by atoms with Crippen LogP contribution in [0.5, 0.6) is 11.5 Å². The lowest BCUT2D eigenvalue weighted by molar-refractivity contribution is -0.757. The maximum atomic E-state index is 13.1. The minimum Gasteiger partial charge on any atom is -0.493 e. The Morgan fingerprint density at radius 2 is 1.16 bits per heavy atom. The van der Waals surface area contributed by atoms with Crippen LogP contribution < -0.4 is 30.0 Å². The summed E-state index contributed by atoms with van der Waals surface area (Å²) in [7, 11) is -4.35. The van der Waals surface area contributed by atoms with E-state index >= 15 is 0 Å². The summed E-state index contributed by atoms with van der Waals surface area (Å²) in [5.41, 5.74) is 3.05. The van der Waals surface area contributed by atoms with Gasteiger partial charge in [-0.3, -0.25) is 28.8 Å². The van der Waals surface area contributed by atoms with Gasteiger partial charge in [0.25, 0.3) is 16.2 Å². The van der Waals surface area contributed by atoms with Crippen molar-refractivity contribution in [2.24, 2.45) is 14.1 Å². The lowest BCUT2D eigenvalue weighted by atomic mass is 10.1. The maximum absolute atomic E-state index is 13.1. The Labute approximate surface area is 423 Å². The van der Waals surface area contributed by atoms with E-state index in [1.165, 1.54) is 39.7 Å². The molecule has 0 spiro atoms. The first-order valence-electron chi connectivity index (χ1n) is 24.6. The number of ether oxygens (including phenoxy) is 2. The molecule has 0 amide bonds. The Morgan fingerprint density at radius 3 is 1.53 bits per heavy atom. The van der Waals surface area contributed by atoms with Crippen LogP contribution in [-0.2, 0) is 51.8 Å². The summed E-state index contributed by atoms with van der Waals surface area (Å²) in [6.45, 7) is 13.3. The summed E-state index contributed by atoms with van der Waals surface area (Å²) in [6, 6.07) is 8.34. The molecule has 8 rings (SSSR count). The van der Waals surface area contributed by atoms with Crippen LogP contribution in [0, 0.1) is 10.1 Å². The Bertz CT molecular complexity index is 3260. The van der Waals surface area contributed by atoms with Crippen molar-refractivity contribution in [1.82, 2.24) is 58.7 Å². The smallest absolute Gasteiger partial charge is 0.294 e. The van der Waals surface area contributed by atoms with Crippen molar-refractivity contribution in [2.75, 3.05) is 65.7 Å². The zero-order valence-corrected chi connectivity index (χ0v) is 43.6. The van der Waals surface area contributed by atoms with E-state index in [-0.39, 0.29) is 57.9 Å². The number of aromatic nitrogens is 8. The molecule has 0 aliphatic carbocycles. The molecule has 398 valence electrons. The van der Waals surface area contributed by atoms with Crippen molar-refractivity contribution in [3.8, 4) is 34.3 Å². The van der Waals surface area contributed by atoms with E-state index in [0.29, 0.717) is 128 Å². The van der Waals surface area contributed by atoms with Crippen molar-refractivity contribution >= 4 is 42.1 Å². The molecule has 0 saturated carbocycles. The lowest BCUT2D eigenvalue weighted by Gasteiger charge is -2.39. The fourth-order valence-corrected chi connectivity index (χ4v) is 10.9. The number of fused-ring (bicyclic) bond motifs is 2. The zero-order chi connectivity index (χ0) is 53.9. The number of aliphatic hydroxyl groups excluding tert-OH is 1. The number of rotatable bonds is 22. The summed E-state index contributed by atoms with van der Waals surface area (Å²) in [5.74, 6) is 1.21. The fraction of sp³-hybridized carbons (Fsp3) is 0.522. The van der Waals surface area contributed by atoms with Crippen molar-refractivity contribution < 1.29 is 42.7 Å². The number of likely N-dealkylation sites (tertiary alicyclic amines) is 2. The van der Waals surface area contributed by atoms with Gasteiger partial charge in [-0.1, -0.05) is 40.5 Å². The topological polar surface area (TPSA) is 317 Å². The van der Waals surface area contributed by atoms with Gasteiger partial charge in [0.05, 0.1) is 52.1 Å². The van der Waals surface area contributed by atoms with Crippen LogP contribution in [0.3, 0.4) is 0 Å². The first-order valence-corrected chi connectivity index (χ1v) is 26.9. The molecule has 25 nitrogen and oxygen atoms in total. The Balaban J connectivity index is 0.000000230. The fourth-order valence-electron chi connectivity index (χ4n) is 8.46. The number of aryl methyl sites for hydroxylation is 4. The summed E-state index contributed by atoms with van der Waals surface area (Å²) >= 11 is 0. The third kappa shape index (κ3) is 13.1. The molecule has 4 aromatic heterocycles. The van der Waals surface area contributed by atoms with Crippen LogP contribution in [0.25, 0.3) is 44.8 Å². The molecule has 2 aliphatic rings. The van der Waals surface area contributed by atoms with E-state index in [1.54, 1.807) is 34.0 Å². The number of hydrogen-bond donors (Lipinski definition) is 5. The first-order chi connectivity index (χ1) is 35.3. The quantitative estimate of drug-likeness (QED) is 0.0482. The third-order valence-corrected chi connectivity index (χ3v) is 14.7. The predicted octanol–water partition coefficient (Wildman–Crippen LogP) is 2.50. The molecule has 0 bridgehead atoms. The molecular weight excluding hydrogens is 991 g/mol. The van der Waals surface area contributed by atoms with Crippen molar-refractivity contribution in [2.45, 2.75) is 89.1 Å². The first kappa shape index (κ1) is 54.4. The summed E-state index contributed by atoms with van der Waals surface area (Å²) in [5, 5.41) is 27.3. The Hall–Kier alpha value is -6.36. The molecule has 5 N–H and O–H groups in total. The maximum Gasteiger partial charge on any atom is 0.294 e. The molecule has 2 aliphatic heterocycles. The van der Waals surface area contributed by atoms with E-state index in [4.69, 9.17) is 16.0 Å². The zero-order valence-electron chi connectivity index (χ0n) is 43.0. The van der Waals surface area contributed by atoms with E-state index in [2.05, 4.69) is 44.4 Å². The van der Waals surface area contributed by atoms with Gasteiger partial charge in [-0.05, 0) is 63.1 Å². The SMILES string of the molecule is CCCc1nn(C)c2c(=O)[nH]c(-c3cc(S(=O)(=O)NC4CN(CCO)C4)ccc3OCC)nc12.CCCc1nn(C)c2c(=O)[nH]c(-c3cc(S(=O)(=O)NC4CN(CCO[N+](=O)[O-])C4)ccc3OCC)nc12.[2H]CC. The van der Waals surface area contributed by atoms with Gasteiger partial charge in [-0.25, -0.2) is 36.2 Å². The third-order valence-electron chi connectivity index (χ3n) is 11.7. The van der Waals surface area contributed by atoms with Crippen LogP contribution in [0.1, 0.15) is 67.1 Å². The molecule has 0 atom stereocenters. The van der Waals surface area contributed by atoms with Crippen molar-refractivity contribution in [3.63, 3.8) is 0 Å². The number of aromatic amines is 2. The minimum atomic E-state index is -3.91. The summed E-state index contributed by atoms with van der Waals surface area (Å²) < 4.78 is 78.4. The summed E-state index contributed by atoms with van der Waals surface area (Å²) in [6.07, 6.45) is 2.97. The number of nitrogens with zero attached hydrogens (tertiary/aromatic N) is 9. The van der Waals surface area contributed by atoms with Gasteiger partial charge < -0.3 is 29.4 Å². The lowest BCUT2D eigenvalue weighted by Crippen LogP contribution is -2.59. The van der Waals surface area contributed by atoms with E-state index in [0.717, 1.165) is 12.8 Å². The number of benzene rings is 2. The summed E-state index contributed by atoms with van der Waals surface area (Å²) in [4.78, 5) is 59.0. The highest BCUT2D eigenvalue weighted by molar-refractivity contribution is 7.89. The molecule has 6 aromatic rings.